The van der Waals surface area contributed by atoms with Crippen LogP contribution in [0.4, 0.5) is 0 Å². The van der Waals surface area contributed by atoms with Gasteiger partial charge in [-0.3, -0.25) is 19.2 Å². The fourth-order valence-electron chi connectivity index (χ4n) is 3.75. The average molecular weight is 411 g/mol. The molecule has 136 valence electrons. The van der Waals surface area contributed by atoms with E-state index in [-0.39, 0.29) is 11.1 Å². The number of halogens is 2. The number of hydrogen-bond donors (Lipinski definition) is 0. The number of fused-ring (bicyclic) bond motifs is 2. The summed E-state index contributed by atoms with van der Waals surface area (Å²) >= 11 is 11.5. The summed E-state index contributed by atoms with van der Waals surface area (Å²) in [4.78, 5) is 48.9. The van der Waals surface area contributed by atoms with Crippen molar-refractivity contribution in [2.45, 2.75) is 0 Å². The SMILES string of the molecule is O=C1C=C(c2ccc3c(c2C2=CC(=O)N(Cl)C2=O)=c2ccccc2=3)C(=O)N1Cl. The molecule has 0 bridgehead atoms. The van der Waals surface area contributed by atoms with E-state index in [0.717, 1.165) is 33.0 Å². The second-order valence-corrected chi connectivity index (χ2v) is 7.10. The summed E-state index contributed by atoms with van der Waals surface area (Å²) < 4.78 is 0.975. The molecule has 0 radical (unpaired) electrons. The quantitative estimate of drug-likeness (QED) is 0.480. The van der Waals surface area contributed by atoms with E-state index < -0.39 is 23.6 Å². The second-order valence-electron chi connectivity index (χ2n) is 6.42. The van der Waals surface area contributed by atoms with E-state index in [1.165, 1.54) is 0 Å². The highest BCUT2D eigenvalue weighted by Crippen LogP contribution is 2.36. The van der Waals surface area contributed by atoms with Crippen molar-refractivity contribution in [1.29, 1.82) is 0 Å². The van der Waals surface area contributed by atoms with Crippen molar-refractivity contribution in [1.82, 2.24) is 8.84 Å². The maximum atomic E-state index is 12.6. The lowest BCUT2D eigenvalue weighted by molar-refractivity contribution is -0.132. The standard InChI is InChI=1S/C20H8Cl2N2O4/c21-23-15(25)7-13(19(23)27)12-6-5-11-9-3-1-2-4-10(9)17(11)18(12)14-8-16(26)24(22)20(14)28/h1-8H. The van der Waals surface area contributed by atoms with Crippen molar-refractivity contribution >= 4 is 58.3 Å². The Balaban J connectivity index is 1.90. The van der Waals surface area contributed by atoms with E-state index in [4.69, 9.17) is 23.6 Å². The van der Waals surface area contributed by atoms with Gasteiger partial charge in [0.25, 0.3) is 23.6 Å². The molecule has 2 aromatic rings. The molecule has 1 aliphatic carbocycles. The zero-order chi connectivity index (χ0) is 19.7. The number of amides is 4. The fourth-order valence-corrected chi connectivity index (χ4v) is 4.03. The van der Waals surface area contributed by atoms with Crippen LogP contribution < -0.4 is 0 Å². The molecule has 2 aromatic carbocycles. The summed E-state index contributed by atoms with van der Waals surface area (Å²) in [5.74, 6) is -2.72. The lowest BCUT2D eigenvalue weighted by atomic mass is 9.87. The van der Waals surface area contributed by atoms with E-state index in [1.54, 1.807) is 6.07 Å². The van der Waals surface area contributed by atoms with Gasteiger partial charge in [0.05, 0.1) is 11.1 Å². The molecule has 0 fully saturated rings. The molecule has 4 amide bonds. The van der Waals surface area contributed by atoms with E-state index in [2.05, 4.69) is 0 Å². The Morgan fingerprint density at radius 2 is 1.21 bits per heavy atom. The Kier molecular flexibility index (Phi) is 3.41. The highest BCUT2D eigenvalue weighted by molar-refractivity contribution is 6.48. The van der Waals surface area contributed by atoms with Gasteiger partial charge in [0.2, 0.25) is 0 Å². The highest BCUT2D eigenvalue weighted by atomic mass is 35.5. The van der Waals surface area contributed by atoms with Crippen LogP contribution in [0.2, 0.25) is 0 Å². The minimum atomic E-state index is -0.694. The Morgan fingerprint density at radius 3 is 1.79 bits per heavy atom. The van der Waals surface area contributed by atoms with Crippen LogP contribution in [-0.4, -0.2) is 32.5 Å². The van der Waals surface area contributed by atoms with Crippen LogP contribution in [0, 0.1) is 20.9 Å². The molecule has 3 aliphatic rings. The number of hydrogen-bond acceptors (Lipinski definition) is 4. The Bertz CT molecular complexity index is 1430. The Hall–Kier alpha value is -3.22. The number of carbonyl (C=O) groups excluding carboxylic acids is 4. The average Bonchev–Trinajstić information content (AvgIpc) is 3.09. The summed E-state index contributed by atoms with van der Waals surface area (Å²) in [5.41, 5.74) is 0.845. The first-order valence-electron chi connectivity index (χ1n) is 8.19. The molecule has 2 aliphatic heterocycles. The smallest absolute Gasteiger partial charge is 0.268 e. The molecule has 28 heavy (non-hydrogen) atoms. The van der Waals surface area contributed by atoms with Crippen LogP contribution in [0.15, 0.2) is 48.6 Å². The molecule has 8 heteroatoms. The Labute approximate surface area is 167 Å². The number of carbonyl (C=O) groups is 4. The lowest BCUT2D eigenvalue weighted by Crippen LogP contribution is -2.22. The molecule has 6 nitrogen and oxygen atoms in total. The van der Waals surface area contributed by atoms with Gasteiger partial charge in [-0.1, -0.05) is 36.4 Å². The molecule has 0 unspecified atom stereocenters. The van der Waals surface area contributed by atoms with Crippen LogP contribution in [-0.2, 0) is 19.2 Å². The maximum absolute atomic E-state index is 12.6. The summed E-state index contributed by atoms with van der Waals surface area (Å²) in [5, 5.41) is 3.47. The van der Waals surface area contributed by atoms with Crippen LogP contribution in [0.25, 0.3) is 11.1 Å². The first-order valence-corrected chi connectivity index (χ1v) is 8.87. The molecule has 0 atom stereocenters. The maximum Gasteiger partial charge on any atom is 0.276 e. The normalized spacial score (nSPS) is 17.5. The molecule has 0 spiro atoms. The van der Waals surface area contributed by atoms with Crippen LogP contribution in [0.1, 0.15) is 11.1 Å². The molecular formula is C20H8Cl2N2O4. The molecule has 0 saturated carbocycles. The first-order chi connectivity index (χ1) is 13.4. The molecule has 0 saturated heterocycles. The minimum Gasteiger partial charge on any atom is -0.268 e. The lowest BCUT2D eigenvalue weighted by Gasteiger charge is -2.16. The van der Waals surface area contributed by atoms with E-state index in [0.29, 0.717) is 20.0 Å². The Morgan fingerprint density at radius 1 is 0.643 bits per heavy atom. The number of imide groups is 2. The second kappa shape index (κ2) is 5.64. The van der Waals surface area contributed by atoms with Gasteiger partial charge in [-0.05, 0) is 26.4 Å². The van der Waals surface area contributed by atoms with Crippen molar-refractivity contribution in [3.63, 3.8) is 0 Å². The zero-order valence-corrected chi connectivity index (χ0v) is 15.4. The van der Waals surface area contributed by atoms with Crippen LogP contribution >= 0.6 is 23.6 Å². The fraction of sp³-hybridized carbons (Fsp3) is 0. The van der Waals surface area contributed by atoms with E-state index in [9.17, 15) is 19.2 Å². The van der Waals surface area contributed by atoms with Gasteiger partial charge in [0.1, 0.15) is 0 Å². The van der Waals surface area contributed by atoms with Crippen LogP contribution in [0.5, 0.6) is 0 Å². The highest BCUT2D eigenvalue weighted by Gasteiger charge is 2.37. The van der Waals surface area contributed by atoms with Crippen molar-refractivity contribution in [2.24, 2.45) is 0 Å². The topological polar surface area (TPSA) is 74.8 Å². The van der Waals surface area contributed by atoms with Gasteiger partial charge in [-0.2, -0.15) is 8.84 Å². The van der Waals surface area contributed by atoms with Crippen molar-refractivity contribution in [3.8, 4) is 0 Å². The number of rotatable bonds is 2. The largest absolute Gasteiger partial charge is 0.276 e. The van der Waals surface area contributed by atoms with Crippen molar-refractivity contribution < 1.29 is 19.2 Å². The zero-order valence-electron chi connectivity index (χ0n) is 13.9. The van der Waals surface area contributed by atoms with Crippen molar-refractivity contribution in [3.05, 3.63) is 80.6 Å². The summed E-state index contributed by atoms with van der Waals surface area (Å²) in [6.45, 7) is 0. The van der Waals surface area contributed by atoms with Gasteiger partial charge in [-0.25, -0.2) is 0 Å². The third-order valence-electron chi connectivity index (χ3n) is 4.99. The number of benzene rings is 2. The van der Waals surface area contributed by atoms with E-state index in [1.807, 2.05) is 30.3 Å². The summed E-state index contributed by atoms with van der Waals surface area (Å²) in [7, 11) is 0. The monoisotopic (exact) mass is 410 g/mol. The van der Waals surface area contributed by atoms with Crippen LogP contribution in [0.3, 0.4) is 0 Å². The predicted octanol–water partition coefficient (Wildman–Crippen LogP) is 2.39. The van der Waals surface area contributed by atoms with Gasteiger partial charge in [0, 0.05) is 41.3 Å². The van der Waals surface area contributed by atoms with Crippen molar-refractivity contribution in [2.75, 3.05) is 0 Å². The third kappa shape index (κ3) is 2.04. The molecule has 2 heterocycles. The van der Waals surface area contributed by atoms with Gasteiger partial charge in [0.15, 0.2) is 0 Å². The van der Waals surface area contributed by atoms with Gasteiger partial charge < -0.3 is 0 Å². The molecule has 0 aromatic heterocycles. The third-order valence-corrected chi connectivity index (χ3v) is 5.63. The summed E-state index contributed by atoms with van der Waals surface area (Å²) in [6.07, 6.45) is 2.25. The number of nitrogens with zero attached hydrogens (tertiary/aromatic N) is 2. The molecule has 5 rings (SSSR count). The molecule has 0 N–H and O–H groups in total. The van der Waals surface area contributed by atoms with Gasteiger partial charge in [-0.15, -0.1) is 0 Å². The first kappa shape index (κ1) is 16.9. The van der Waals surface area contributed by atoms with Gasteiger partial charge >= 0.3 is 0 Å². The minimum absolute atomic E-state index is 0.0522. The summed E-state index contributed by atoms with van der Waals surface area (Å²) in [6, 6.07) is 11.0. The molecular weight excluding hydrogens is 403 g/mol. The van der Waals surface area contributed by atoms with E-state index >= 15 is 0 Å². The predicted molar refractivity (Wildman–Crippen MR) is 99.6 cm³/mol.